The summed E-state index contributed by atoms with van der Waals surface area (Å²) in [6, 6.07) is 15.0. The minimum atomic E-state index is -1.27. The third-order valence-corrected chi connectivity index (χ3v) is 9.10. The van der Waals surface area contributed by atoms with E-state index in [4.69, 9.17) is 14.2 Å². The molecular formula is C35H41N3O8. The van der Waals surface area contributed by atoms with Crippen molar-refractivity contribution in [1.29, 1.82) is 0 Å². The van der Waals surface area contributed by atoms with Crippen LogP contribution in [0.1, 0.15) is 37.4 Å². The van der Waals surface area contributed by atoms with E-state index < -0.39 is 53.5 Å². The zero-order valence-corrected chi connectivity index (χ0v) is 26.0. The Morgan fingerprint density at radius 1 is 1.15 bits per heavy atom. The van der Waals surface area contributed by atoms with Crippen LogP contribution in [0, 0.1) is 11.8 Å². The van der Waals surface area contributed by atoms with Gasteiger partial charge in [0, 0.05) is 25.2 Å². The fourth-order valence-corrected chi connectivity index (χ4v) is 7.05. The molecule has 244 valence electrons. The lowest BCUT2D eigenvalue weighted by molar-refractivity contribution is -0.160. The van der Waals surface area contributed by atoms with Crippen LogP contribution in [0.25, 0.3) is 0 Å². The number of benzene rings is 2. The van der Waals surface area contributed by atoms with Gasteiger partial charge in [-0.05, 0) is 49.1 Å². The molecule has 11 nitrogen and oxygen atoms in total. The number of amides is 3. The topological polar surface area (TPSA) is 135 Å². The van der Waals surface area contributed by atoms with E-state index in [0.717, 1.165) is 0 Å². The Labute approximate surface area is 268 Å². The van der Waals surface area contributed by atoms with E-state index in [0.29, 0.717) is 36.3 Å². The summed E-state index contributed by atoms with van der Waals surface area (Å²) >= 11 is 0. The van der Waals surface area contributed by atoms with Crippen molar-refractivity contribution >= 4 is 29.4 Å². The molecule has 3 amide bonds. The number of nitrogens with zero attached hydrogens (tertiary/aromatic N) is 2. The molecule has 46 heavy (non-hydrogen) atoms. The number of methoxy groups -OCH3 is 1. The Morgan fingerprint density at radius 2 is 1.89 bits per heavy atom. The molecule has 2 aromatic carbocycles. The molecule has 11 heteroatoms. The number of allylic oxidation sites excluding steroid dienone is 1. The highest BCUT2D eigenvalue weighted by Gasteiger charge is 2.75. The summed E-state index contributed by atoms with van der Waals surface area (Å²) in [5, 5.41) is 12.8. The molecule has 6 atom stereocenters. The van der Waals surface area contributed by atoms with Gasteiger partial charge in [0.25, 0.3) is 5.91 Å². The smallest absolute Gasteiger partial charge is 0.313 e. The molecule has 0 unspecified atom stereocenters. The van der Waals surface area contributed by atoms with Crippen molar-refractivity contribution in [1.82, 2.24) is 10.2 Å². The van der Waals surface area contributed by atoms with Gasteiger partial charge < -0.3 is 34.4 Å². The number of rotatable bonds is 15. The summed E-state index contributed by atoms with van der Waals surface area (Å²) in [4.78, 5) is 57.8. The van der Waals surface area contributed by atoms with Gasteiger partial charge in [-0.2, -0.15) is 0 Å². The number of carbonyl (C=O) groups excluding carboxylic acids is 4. The van der Waals surface area contributed by atoms with Crippen molar-refractivity contribution in [2.24, 2.45) is 11.8 Å². The maximum atomic E-state index is 14.4. The number of nitrogens with one attached hydrogen (secondary N) is 1. The third kappa shape index (κ3) is 6.17. The van der Waals surface area contributed by atoms with Crippen molar-refractivity contribution < 1.29 is 38.5 Å². The summed E-state index contributed by atoms with van der Waals surface area (Å²) in [6.45, 7) is 7.20. The summed E-state index contributed by atoms with van der Waals surface area (Å²) in [7, 11) is 1.55. The lowest BCUT2D eigenvalue weighted by Gasteiger charge is -2.36. The van der Waals surface area contributed by atoms with Gasteiger partial charge >= 0.3 is 5.97 Å². The average molecular weight is 632 g/mol. The second-order valence-electron chi connectivity index (χ2n) is 11.7. The first-order chi connectivity index (χ1) is 22.3. The summed E-state index contributed by atoms with van der Waals surface area (Å²) in [6.07, 6.45) is 3.44. The number of aliphatic hydroxyl groups is 1. The van der Waals surface area contributed by atoms with Gasteiger partial charge in [-0.15, -0.1) is 13.2 Å². The molecule has 0 saturated carbocycles. The number of aliphatic hydroxyl groups excluding tert-OH is 1. The molecule has 2 N–H and O–H groups in total. The second kappa shape index (κ2) is 14.3. The fourth-order valence-electron chi connectivity index (χ4n) is 7.05. The van der Waals surface area contributed by atoms with Gasteiger partial charge in [0.2, 0.25) is 11.8 Å². The molecule has 0 aliphatic carbocycles. The number of hydrogen-bond donors (Lipinski definition) is 2. The van der Waals surface area contributed by atoms with Crippen LogP contribution in [-0.2, 0) is 28.7 Å². The highest BCUT2D eigenvalue weighted by molar-refractivity contribution is 6.04. The molecule has 1 spiro atoms. The van der Waals surface area contributed by atoms with Crippen LogP contribution >= 0.6 is 0 Å². The molecule has 3 heterocycles. The number of likely N-dealkylation sites (tertiary alicyclic amines) is 1. The maximum absolute atomic E-state index is 14.4. The standard InChI is InChI=1S/C35H41N3O8/c1-4-6-12-28(40)36-22-27(23-10-8-7-9-11-23)45-34(43)29-26-17-18-35(46-26)30(29)32(41)38(20-21-39)31(35)33(42)37(19-5-2)24-13-15-25(44-3)16-14-24/h4-5,7-11,13-16,26-27,29-31,39H,1-2,6,12,17-22H2,3H3,(H,36,40)/t26-,27-,29+,30+,31-,35+/m0/s1. The first kappa shape index (κ1) is 32.9. The van der Waals surface area contributed by atoms with Gasteiger partial charge in [-0.1, -0.05) is 42.5 Å². The van der Waals surface area contributed by atoms with Crippen molar-refractivity contribution in [2.45, 2.75) is 49.5 Å². The Balaban J connectivity index is 1.43. The van der Waals surface area contributed by atoms with E-state index in [2.05, 4.69) is 18.5 Å². The van der Waals surface area contributed by atoms with Crippen LogP contribution in [-0.4, -0.2) is 84.8 Å². The lowest BCUT2D eigenvalue weighted by Crippen LogP contribution is -2.56. The second-order valence-corrected chi connectivity index (χ2v) is 11.7. The minimum absolute atomic E-state index is 0.0455. The molecule has 2 bridgehead atoms. The number of hydrogen-bond acceptors (Lipinski definition) is 8. The SMILES string of the molecule is C=CCCC(=O)NC[C@H](OC(=O)[C@@H]1[C@@H]2CC[C@]3(O2)[C@H](C(=O)N(CC=C)c2ccc(OC)cc2)N(CCO)C(=O)[C@@H]13)c1ccccc1. The Hall–Kier alpha value is -4.48. The van der Waals surface area contributed by atoms with Crippen molar-refractivity contribution in [3.8, 4) is 5.75 Å². The molecule has 3 aliphatic heterocycles. The Kier molecular flexibility index (Phi) is 10.2. The van der Waals surface area contributed by atoms with Gasteiger partial charge in [-0.25, -0.2) is 0 Å². The largest absolute Gasteiger partial charge is 0.497 e. The van der Waals surface area contributed by atoms with E-state index in [-0.39, 0.29) is 38.6 Å². The van der Waals surface area contributed by atoms with Crippen LogP contribution in [0.2, 0.25) is 0 Å². The molecule has 3 fully saturated rings. The van der Waals surface area contributed by atoms with E-state index in [9.17, 15) is 24.3 Å². The first-order valence-corrected chi connectivity index (χ1v) is 15.6. The van der Waals surface area contributed by atoms with Gasteiger partial charge in [0.15, 0.2) is 0 Å². The lowest BCUT2D eigenvalue weighted by atomic mass is 9.70. The normalized spacial score (nSPS) is 25.0. The van der Waals surface area contributed by atoms with E-state index in [1.165, 1.54) is 9.80 Å². The van der Waals surface area contributed by atoms with Crippen LogP contribution in [0.15, 0.2) is 79.9 Å². The highest BCUT2D eigenvalue weighted by Crippen LogP contribution is 2.59. The molecule has 3 aliphatic rings. The average Bonchev–Trinajstić information content (AvgIpc) is 3.72. The summed E-state index contributed by atoms with van der Waals surface area (Å²) < 4.78 is 17.8. The Bertz CT molecular complexity index is 1450. The maximum Gasteiger partial charge on any atom is 0.313 e. The zero-order chi connectivity index (χ0) is 32.8. The van der Waals surface area contributed by atoms with Crippen molar-refractivity contribution in [3.63, 3.8) is 0 Å². The minimum Gasteiger partial charge on any atom is -0.497 e. The molecule has 2 aromatic rings. The van der Waals surface area contributed by atoms with E-state index in [1.54, 1.807) is 55.7 Å². The Morgan fingerprint density at radius 3 is 2.54 bits per heavy atom. The molecular weight excluding hydrogens is 590 g/mol. The predicted octanol–water partition coefficient (Wildman–Crippen LogP) is 2.95. The number of esters is 1. The van der Waals surface area contributed by atoms with E-state index in [1.807, 2.05) is 18.2 Å². The molecule has 3 saturated heterocycles. The quantitative estimate of drug-likeness (QED) is 0.226. The summed E-state index contributed by atoms with van der Waals surface area (Å²) in [5.74, 6) is -2.97. The number of anilines is 1. The van der Waals surface area contributed by atoms with Gasteiger partial charge in [0.05, 0.1) is 38.2 Å². The van der Waals surface area contributed by atoms with Crippen LogP contribution < -0.4 is 15.0 Å². The predicted molar refractivity (Wildman–Crippen MR) is 170 cm³/mol. The van der Waals surface area contributed by atoms with Gasteiger partial charge in [-0.3, -0.25) is 19.2 Å². The number of fused-ring (bicyclic) bond motifs is 1. The van der Waals surface area contributed by atoms with Crippen LogP contribution in [0.5, 0.6) is 5.75 Å². The highest BCUT2D eigenvalue weighted by atomic mass is 16.6. The molecule has 0 aromatic heterocycles. The van der Waals surface area contributed by atoms with Crippen LogP contribution in [0.4, 0.5) is 5.69 Å². The zero-order valence-electron chi connectivity index (χ0n) is 26.0. The summed E-state index contributed by atoms with van der Waals surface area (Å²) in [5.41, 5.74) is -0.0118. The van der Waals surface area contributed by atoms with Crippen molar-refractivity contribution in [2.75, 3.05) is 38.3 Å². The van der Waals surface area contributed by atoms with Crippen molar-refractivity contribution in [3.05, 3.63) is 85.5 Å². The number of ether oxygens (including phenoxy) is 3. The van der Waals surface area contributed by atoms with Crippen LogP contribution in [0.3, 0.4) is 0 Å². The fraction of sp³-hybridized carbons (Fsp3) is 0.429. The molecule has 5 rings (SSSR count). The van der Waals surface area contributed by atoms with Gasteiger partial charge in [0.1, 0.15) is 23.5 Å². The number of β-amino-alcohol motifs (C(OH)–C–C–N with tert-alkyl or cyclic N) is 1. The number of carbonyl (C=O) groups is 4. The van der Waals surface area contributed by atoms with E-state index >= 15 is 0 Å². The monoisotopic (exact) mass is 631 g/mol. The first-order valence-electron chi connectivity index (χ1n) is 15.6. The third-order valence-electron chi connectivity index (χ3n) is 9.10. The molecule has 0 radical (unpaired) electrons.